The van der Waals surface area contributed by atoms with Gasteiger partial charge in [-0.1, -0.05) is 54.6 Å². The smallest absolute Gasteiger partial charge is 0.270 e. The van der Waals surface area contributed by atoms with Crippen LogP contribution >= 0.6 is 0 Å². The summed E-state index contributed by atoms with van der Waals surface area (Å²) in [6.07, 6.45) is 3.55. The molecule has 0 bridgehead atoms. The summed E-state index contributed by atoms with van der Waals surface area (Å²) in [6.45, 7) is 0. The van der Waals surface area contributed by atoms with Gasteiger partial charge in [0, 0.05) is 35.1 Å². The Labute approximate surface area is 239 Å². The molecule has 3 aliphatic rings. The molecule has 4 aromatic carbocycles. The van der Waals surface area contributed by atoms with E-state index in [1.54, 1.807) is 35.4 Å². The van der Waals surface area contributed by atoms with Gasteiger partial charge in [0.05, 0.1) is 16.9 Å². The predicted octanol–water partition coefficient (Wildman–Crippen LogP) is 5.72. The molecule has 0 aromatic heterocycles. The van der Waals surface area contributed by atoms with Crippen molar-refractivity contribution in [3.8, 4) is 0 Å². The minimum Gasteiger partial charge on any atom is -0.358 e. The van der Waals surface area contributed by atoms with Crippen molar-refractivity contribution in [2.45, 2.75) is 17.5 Å². The Bertz CT molecular complexity index is 1850. The molecular weight excluding hydrogens is 537 g/mol. The zero-order valence-corrected chi connectivity index (χ0v) is 21.9. The number of carbonyl (C=O) groups excluding carboxylic acids is 3. The van der Waals surface area contributed by atoms with Gasteiger partial charge < -0.3 is 10.2 Å². The molecule has 42 heavy (non-hydrogen) atoms. The topological polar surface area (TPSA) is 110 Å². The minimum absolute atomic E-state index is 0.0425. The van der Waals surface area contributed by atoms with Crippen molar-refractivity contribution >= 4 is 34.9 Å². The fourth-order valence-corrected chi connectivity index (χ4v) is 6.90. The summed E-state index contributed by atoms with van der Waals surface area (Å²) in [6, 6.07) is 23.0. The zero-order chi connectivity index (χ0) is 29.2. The first kappa shape index (κ1) is 25.5. The first-order chi connectivity index (χ1) is 20.3. The largest absolute Gasteiger partial charge is 0.358 e. The second-order valence-corrected chi connectivity index (χ2v) is 10.6. The number of rotatable bonds is 5. The number of benzene rings is 4. The number of non-ortho nitro benzene ring substituents is 1. The number of amides is 1. The summed E-state index contributed by atoms with van der Waals surface area (Å²) in [5.41, 5.74) is 1.08. The molecule has 9 heteroatoms. The fraction of sp³-hybridized carbons (Fsp3) is 0.121. The van der Waals surface area contributed by atoms with E-state index in [-0.39, 0.29) is 16.8 Å². The number of anilines is 1. The molecule has 3 heterocycles. The molecular formula is C33H22FN3O5. The van der Waals surface area contributed by atoms with Gasteiger partial charge in [-0.25, -0.2) is 4.39 Å². The third-order valence-electron chi connectivity index (χ3n) is 8.59. The molecule has 0 radical (unpaired) electrons. The molecule has 8 nitrogen and oxygen atoms in total. The Kier molecular flexibility index (Phi) is 5.65. The van der Waals surface area contributed by atoms with Crippen molar-refractivity contribution in [2.75, 3.05) is 5.32 Å². The van der Waals surface area contributed by atoms with Crippen LogP contribution in [0.1, 0.15) is 43.4 Å². The number of nitro benzene ring substituents is 1. The Balaban J connectivity index is 1.53. The lowest BCUT2D eigenvalue weighted by Gasteiger charge is -2.38. The maximum Gasteiger partial charge on any atom is 0.270 e. The van der Waals surface area contributed by atoms with E-state index < -0.39 is 51.6 Å². The maximum atomic E-state index is 14.6. The molecule has 4 atom stereocenters. The summed E-state index contributed by atoms with van der Waals surface area (Å²) in [5.74, 6) is -3.28. The highest BCUT2D eigenvalue weighted by atomic mass is 19.1. The Morgan fingerprint density at radius 3 is 2.40 bits per heavy atom. The van der Waals surface area contributed by atoms with Gasteiger partial charge in [0.2, 0.25) is 5.91 Å². The van der Waals surface area contributed by atoms with E-state index in [1.165, 1.54) is 36.4 Å². The number of nitro groups is 1. The average Bonchev–Trinajstić information content (AvgIpc) is 3.49. The SMILES string of the molecule is O=C(c1cccc([N+](=O)[O-])c1)C1C(C(=O)c2ccc(F)cc2)C2(C(=O)Nc3ccccc32)C2c3ccccc3C=CN12. The summed E-state index contributed by atoms with van der Waals surface area (Å²) in [7, 11) is 0. The molecule has 1 saturated heterocycles. The monoisotopic (exact) mass is 559 g/mol. The molecule has 1 N–H and O–H groups in total. The summed E-state index contributed by atoms with van der Waals surface area (Å²) in [4.78, 5) is 56.3. The highest BCUT2D eigenvalue weighted by Gasteiger charge is 2.70. The minimum atomic E-state index is -1.55. The van der Waals surface area contributed by atoms with Gasteiger partial charge in [0.25, 0.3) is 5.69 Å². The number of Topliss-reactive ketones (excluding diaryl/α,β-unsaturated/α-hetero) is 2. The first-order valence-electron chi connectivity index (χ1n) is 13.4. The lowest BCUT2D eigenvalue weighted by atomic mass is 9.62. The number of halogens is 1. The Morgan fingerprint density at radius 2 is 1.62 bits per heavy atom. The van der Waals surface area contributed by atoms with Crippen LogP contribution in [0.5, 0.6) is 0 Å². The lowest BCUT2D eigenvalue weighted by Crippen LogP contribution is -2.49. The molecule has 7 rings (SSSR count). The van der Waals surface area contributed by atoms with Gasteiger partial charge in [-0.3, -0.25) is 24.5 Å². The van der Waals surface area contributed by atoms with Gasteiger partial charge in [-0.2, -0.15) is 0 Å². The van der Waals surface area contributed by atoms with Crippen LogP contribution in [-0.2, 0) is 10.2 Å². The standard InChI is InChI=1S/C33H22FN3O5/c34-22-14-12-20(13-15-22)29(38)27-28(30(39)21-7-5-8-23(18-21)37(41)42)36-17-16-19-6-1-2-9-24(19)31(36)33(27)25-10-3-4-11-26(25)35-32(33)40/h1-18,27-28,31H,(H,35,40). The van der Waals surface area contributed by atoms with Gasteiger partial charge in [-0.05, 0) is 53.1 Å². The van der Waals surface area contributed by atoms with Crippen molar-refractivity contribution in [2.24, 2.45) is 5.92 Å². The van der Waals surface area contributed by atoms with Crippen LogP contribution in [0.25, 0.3) is 6.08 Å². The Morgan fingerprint density at radius 1 is 0.881 bits per heavy atom. The first-order valence-corrected chi connectivity index (χ1v) is 13.4. The molecule has 1 fully saturated rings. The normalized spacial score (nSPS) is 23.2. The number of carbonyl (C=O) groups is 3. The number of hydrogen-bond donors (Lipinski definition) is 1. The quantitative estimate of drug-likeness (QED) is 0.190. The number of hydrogen-bond acceptors (Lipinski definition) is 6. The van der Waals surface area contributed by atoms with Crippen molar-refractivity contribution in [3.05, 3.63) is 147 Å². The molecule has 4 aromatic rings. The van der Waals surface area contributed by atoms with E-state index in [1.807, 2.05) is 30.3 Å². The molecule has 0 aliphatic carbocycles. The van der Waals surface area contributed by atoms with Gasteiger partial charge in [0.1, 0.15) is 17.3 Å². The second-order valence-electron chi connectivity index (χ2n) is 10.6. The molecule has 206 valence electrons. The average molecular weight is 560 g/mol. The van der Waals surface area contributed by atoms with E-state index in [0.717, 1.165) is 23.3 Å². The fourth-order valence-electron chi connectivity index (χ4n) is 6.90. The van der Waals surface area contributed by atoms with E-state index in [4.69, 9.17) is 0 Å². The molecule has 0 saturated carbocycles. The number of ketones is 2. The van der Waals surface area contributed by atoms with Crippen molar-refractivity contribution in [1.29, 1.82) is 0 Å². The number of fused-ring (bicyclic) bond motifs is 6. The van der Waals surface area contributed by atoms with Crippen LogP contribution < -0.4 is 5.32 Å². The van der Waals surface area contributed by atoms with Gasteiger partial charge in [-0.15, -0.1) is 0 Å². The summed E-state index contributed by atoms with van der Waals surface area (Å²) >= 11 is 0. The Hall–Kier alpha value is -5.44. The van der Waals surface area contributed by atoms with E-state index in [2.05, 4.69) is 5.32 Å². The highest BCUT2D eigenvalue weighted by Crippen LogP contribution is 2.62. The van der Waals surface area contributed by atoms with Crippen LogP contribution in [0.3, 0.4) is 0 Å². The van der Waals surface area contributed by atoms with Crippen molar-refractivity contribution in [1.82, 2.24) is 4.90 Å². The van der Waals surface area contributed by atoms with Crippen molar-refractivity contribution < 1.29 is 23.7 Å². The number of nitrogens with one attached hydrogen (secondary N) is 1. The van der Waals surface area contributed by atoms with Gasteiger partial charge >= 0.3 is 0 Å². The number of para-hydroxylation sites is 1. The number of nitrogens with zero attached hydrogens (tertiary/aromatic N) is 2. The van der Waals surface area contributed by atoms with Crippen LogP contribution in [0.15, 0.2) is 103 Å². The van der Waals surface area contributed by atoms with Crippen LogP contribution in [0, 0.1) is 21.8 Å². The molecule has 4 unspecified atom stereocenters. The molecule has 1 amide bonds. The summed E-state index contributed by atoms with van der Waals surface area (Å²) < 4.78 is 13.9. The van der Waals surface area contributed by atoms with E-state index >= 15 is 0 Å². The maximum absolute atomic E-state index is 14.6. The van der Waals surface area contributed by atoms with Crippen molar-refractivity contribution in [3.63, 3.8) is 0 Å². The lowest BCUT2D eigenvalue weighted by molar-refractivity contribution is -0.384. The zero-order valence-electron chi connectivity index (χ0n) is 21.9. The second kappa shape index (κ2) is 9.31. The molecule has 1 spiro atoms. The van der Waals surface area contributed by atoms with Gasteiger partial charge in [0.15, 0.2) is 11.6 Å². The third-order valence-corrected chi connectivity index (χ3v) is 8.59. The predicted molar refractivity (Wildman–Crippen MR) is 152 cm³/mol. The highest BCUT2D eigenvalue weighted by molar-refractivity contribution is 6.16. The molecule has 3 aliphatic heterocycles. The third kappa shape index (κ3) is 3.49. The summed E-state index contributed by atoms with van der Waals surface area (Å²) in [5, 5.41) is 14.5. The van der Waals surface area contributed by atoms with Crippen LogP contribution in [0.4, 0.5) is 15.8 Å². The van der Waals surface area contributed by atoms with E-state index in [0.29, 0.717) is 11.3 Å². The van der Waals surface area contributed by atoms with Crippen LogP contribution in [0.2, 0.25) is 0 Å². The van der Waals surface area contributed by atoms with Crippen LogP contribution in [-0.4, -0.2) is 33.3 Å². The van der Waals surface area contributed by atoms with E-state index in [9.17, 15) is 28.9 Å².